The molecule has 0 spiro atoms. The van der Waals surface area contributed by atoms with Crippen LogP contribution in [0.15, 0.2) is 24.3 Å². The van der Waals surface area contributed by atoms with Crippen molar-refractivity contribution in [1.29, 1.82) is 0 Å². The van der Waals surface area contributed by atoms with Crippen molar-refractivity contribution in [3.05, 3.63) is 29.2 Å². The lowest BCUT2D eigenvalue weighted by atomic mass is 10.3. The number of rotatable bonds is 3. The van der Waals surface area contributed by atoms with Crippen LogP contribution < -0.4 is 9.42 Å². The fourth-order valence-corrected chi connectivity index (χ4v) is 1.17. The molecule has 0 saturated heterocycles. The van der Waals surface area contributed by atoms with Crippen LogP contribution in [0.1, 0.15) is 0 Å². The zero-order chi connectivity index (χ0) is 10.8. The van der Waals surface area contributed by atoms with E-state index in [9.17, 15) is 14.4 Å². The molecule has 7 nitrogen and oxygen atoms in total. The van der Waals surface area contributed by atoms with Crippen molar-refractivity contribution >= 4 is 13.5 Å². The summed E-state index contributed by atoms with van der Waals surface area (Å²) in [4.78, 5) is 28.5. The van der Waals surface area contributed by atoms with Gasteiger partial charge in [0.25, 0.3) is 4.92 Å². The van der Waals surface area contributed by atoms with E-state index in [0.29, 0.717) is 0 Å². The number of benzene rings is 1. The normalized spacial score (nSPS) is 14.4. The highest BCUT2D eigenvalue weighted by Gasteiger charge is 2.13. The number of phosphoric ester groups is 1. The minimum atomic E-state index is -4.89. The fourth-order valence-electron chi connectivity index (χ4n) is 0.792. The molecule has 0 aliphatic carbocycles. The summed E-state index contributed by atoms with van der Waals surface area (Å²) in [7, 11) is -4.89. The van der Waals surface area contributed by atoms with E-state index in [4.69, 9.17) is 10.1 Å². The van der Waals surface area contributed by atoms with E-state index >= 15 is 0 Å². The third kappa shape index (κ3) is 3.14. The molecule has 0 bridgehead atoms. The first-order valence-corrected chi connectivity index (χ1v) is 4.87. The molecule has 76 valence electrons. The first-order valence-electron chi connectivity index (χ1n) is 3.38. The maximum Gasteiger partial charge on any atom is 0.320 e. The SMILES string of the molecule is O=[N+](O)c1cccc(OP(=O)([O-])O)c1. The Balaban J connectivity index is 2.95. The van der Waals surface area contributed by atoms with Gasteiger partial charge < -0.3 is 14.3 Å². The molecule has 0 heterocycles. The van der Waals surface area contributed by atoms with Crippen molar-refractivity contribution in [2.75, 3.05) is 0 Å². The zero-order valence-corrected chi connectivity index (χ0v) is 7.63. The summed E-state index contributed by atoms with van der Waals surface area (Å²) in [6.07, 6.45) is 0. The second-order valence-corrected chi connectivity index (χ2v) is 3.45. The van der Waals surface area contributed by atoms with Crippen molar-refractivity contribution in [1.82, 2.24) is 0 Å². The summed E-state index contributed by atoms with van der Waals surface area (Å²) < 4.78 is 14.4. The molecule has 1 atom stereocenters. The van der Waals surface area contributed by atoms with E-state index in [0.717, 1.165) is 6.07 Å². The highest BCUT2D eigenvalue weighted by Crippen LogP contribution is 2.34. The molecule has 2 N–H and O–H groups in total. The van der Waals surface area contributed by atoms with E-state index in [1.807, 2.05) is 0 Å². The molecule has 0 aliphatic heterocycles. The molecular weight excluding hydrogens is 213 g/mol. The number of nitrogens with zero attached hydrogens (tertiary/aromatic N) is 1. The van der Waals surface area contributed by atoms with Crippen LogP contribution in [0.3, 0.4) is 0 Å². The first-order chi connectivity index (χ1) is 6.38. The van der Waals surface area contributed by atoms with Crippen molar-refractivity contribution in [2.45, 2.75) is 0 Å². The van der Waals surface area contributed by atoms with Gasteiger partial charge in [0.1, 0.15) is 5.75 Å². The largest absolute Gasteiger partial charge is 0.746 e. The van der Waals surface area contributed by atoms with Crippen LogP contribution in [0, 0.1) is 4.91 Å². The predicted octanol–water partition coefficient (Wildman–Crippen LogP) is 0.326. The third-order valence-electron chi connectivity index (χ3n) is 1.26. The number of hydrogen-bond acceptors (Lipinski definition) is 4. The Bertz CT molecular complexity index is 399. The second kappa shape index (κ2) is 3.75. The standard InChI is InChI=1S/C6H6NO6P/c8-7(9)5-2-1-3-6(4-5)13-14(10,11)12/h1-4H,(H2-,8,9,10,11,12). The van der Waals surface area contributed by atoms with Crippen LogP contribution in [0.5, 0.6) is 5.75 Å². The molecule has 14 heavy (non-hydrogen) atoms. The molecule has 0 radical (unpaired) electrons. The van der Waals surface area contributed by atoms with Crippen molar-refractivity contribution < 1.29 is 29.0 Å². The minimum absolute atomic E-state index is 0.212. The van der Waals surface area contributed by atoms with Gasteiger partial charge in [0, 0.05) is 6.07 Å². The van der Waals surface area contributed by atoms with E-state index in [-0.39, 0.29) is 11.4 Å². The monoisotopic (exact) mass is 219 g/mol. The Kier molecular flexibility index (Phi) is 2.85. The molecule has 0 aliphatic rings. The zero-order valence-electron chi connectivity index (χ0n) is 6.73. The summed E-state index contributed by atoms with van der Waals surface area (Å²) in [5.41, 5.74) is -0.212. The Morgan fingerprint density at radius 3 is 2.64 bits per heavy atom. The highest BCUT2D eigenvalue weighted by atomic mass is 31.2. The number of hydrogen-bond donors (Lipinski definition) is 2. The predicted molar refractivity (Wildman–Crippen MR) is 42.0 cm³/mol. The fraction of sp³-hybridized carbons (Fsp3) is 0. The molecule has 1 aromatic rings. The van der Waals surface area contributed by atoms with Gasteiger partial charge in [0.2, 0.25) is 0 Å². The molecule has 1 aromatic carbocycles. The van der Waals surface area contributed by atoms with Gasteiger partial charge in [-0.3, -0.25) is 4.57 Å². The van der Waals surface area contributed by atoms with Gasteiger partial charge in [-0.05, 0) is 6.07 Å². The summed E-state index contributed by atoms with van der Waals surface area (Å²) >= 11 is 0. The third-order valence-corrected chi connectivity index (χ3v) is 1.70. The molecule has 0 aromatic heterocycles. The maximum atomic E-state index is 10.4. The average Bonchev–Trinajstić information content (AvgIpc) is 2.01. The molecule has 1 rings (SSSR count). The lowest BCUT2D eigenvalue weighted by Crippen LogP contribution is -2.05. The molecule has 0 fully saturated rings. The van der Waals surface area contributed by atoms with Gasteiger partial charge in [-0.15, -0.1) is 0 Å². The minimum Gasteiger partial charge on any atom is -0.746 e. The molecule has 0 amide bonds. The average molecular weight is 219 g/mol. The topological polar surface area (TPSA) is 110 Å². The Morgan fingerprint density at radius 1 is 1.50 bits per heavy atom. The van der Waals surface area contributed by atoms with Crippen molar-refractivity contribution in [3.63, 3.8) is 0 Å². The number of phosphoric acid groups is 1. The van der Waals surface area contributed by atoms with Gasteiger partial charge >= 0.3 is 13.5 Å². The Morgan fingerprint density at radius 2 is 2.14 bits per heavy atom. The summed E-state index contributed by atoms with van der Waals surface area (Å²) in [5, 5.41) is 8.46. The maximum absolute atomic E-state index is 10.4. The van der Waals surface area contributed by atoms with Crippen LogP contribution in [0.2, 0.25) is 0 Å². The van der Waals surface area contributed by atoms with Crippen molar-refractivity contribution in [3.8, 4) is 5.75 Å². The van der Waals surface area contributed by atoms with Crippen LogP contribution in [0.4, 0.5) is 5.69 Å². The smallest absolute Gasteiger partial charge is 0.320 e. The van der Waals surface area contributed by atoms with E-state index in [1.165, 1.54) is 18.2 Å². The molecular formula is C6H6NO6P. The highest BCUT2D eigenvalue weighted by molar-refractivity contribution is 7.45. The Labute approximate surface area is 78.3 Å². The summed E-state index contributed by atoms with van der Waals surface area (Å²) in [6, 6.07) is 4.66. The first kappa shape index (κ1) is 10.6. The van der Waals surface area contributed by atoms with Gasteiger partial charge in [-0.1, -0.05) is 6.07 Å². The van der Waals surface area contributed by atoms with Crippen LogP contribution in [0.25, 0.3) is 0 Å². The van der Waals surface area contributed by atoms with Crippen LogP contribution in [-0.4, -0.2) is 15.0 Å². The van der Waals surface area contributed by atoms with E-state index < -0.39 is 12.7 Å². The molecule has 8 heteroatoms. The van der Waals surface area contributed by atoms with Gasteiger partial charge in [-0.25, -0.2) is 5.21 Å². The van der Waals surface area contributed by atoms with Gasteiger partial charge in [0.05, 0.1) is 11.0 Å². The van der Waals surface area contributed by atoms with E-state index in [2.05, 4.69) is 4.52 Å². The van der Waals surface area contributed by atoms with Gasteiger partial charge in [-0.2, -0.15) is 0 Å². The van der Waals surface area contributed by atoms with Gasteiger partial charge in [0.15, 0.2) is 0 Å². The second-order valence-electron chi connectivity index (χ2n) is 2.33. The van der Waals surface area contributed by atoms with Crippen LogP contribution >= 0.6 is 7.82 Å². The Hall–Kier alpha value is -1.43. The molecule has 0 saturated carbocycles. The lowest BCUT2D eigenvalue weighted by molar-refractivity contribution is -0.729. The quantitative estimate of drug-likeness (QED) is 0.559. The van der Waals surface area contributed by atoms with E-state index in [1.54, 1.807) is 0 Å². The molecule has 1 unspecified atom stereocenters. The summed E-state index contributed by atoms with van der Waals surface area (Å²) in [5.74, 6) is -0.266. The summed E-state index contributed by atoms with van der Waals surface area (Å²) in [6.45, 7) is 0. The van der Waals surface area contributed by atoms with Crippen LogP contribution in [-0.2, 0) is 4.57 Å². The lowest BCUT2D eigenvalue weighted by Gasteiger charge is -2.15. The van der Waals surface area contributed by atoms with Crippen molar-refractivity contribution in [2.24, 2.45) is 0 Å².